The number of anilines is 1. The number of methoxy groups -OCH3 is 1. The third kappa shape index (κ3) is 2.90. The average Bonchev–Trinajstić information content (AvgIpc) is 2.82. The lowest BCUT2D eigenvalue weighted by Crippen LogP contribution is -2.06. The molecule has 0 bridgehead atoms. The van der Waals surface area contributed by atoms with Crippen molar-refractivity contribution in [2.75, 3.05) is 12.4 Å². The smallest absolute Gasteiger partial charge is 0.340 e. The minimum Gasteiger partial charge on any atom is -0.465 e. The summed E-state index contributed by atoms with van der Waals surface area (Å²) >= 11 is 0. The zero-order valence-corrected chi connectivity index (χ0v) is 10.7. The molecule has 0 spiro atoms. The Balaban J connectivity index is 2.13. The monoisotopic (exact) mass is 263 g/mol. The van der Waals surface area contributed by atoms with Gasteiger partial charge >= 0.3 is 5.97 Å². The van der Waals surface area contributed by atoms with E-state index in [0.29, 0.717) is 12.2 Å². The van der Waals surface area contributed by atoms with Crippen molar-refractivity contribution in [2.24, 2.45) is 0 Å². The first kappa shape index (κ1) is 13.1. The van der Waals surface area contributed by atoms with Gasteiger partial charge in [-0.05, 0) is 25.1 Å². The van der Waals surface area contributed by atoms with Crippen molar-refractivity contribution in [2.45, 2.75) is 13.5 Å². The first-order valence-electron chi connectivity index (χ1n) is 5.72. The molecule has 5 nitrogen and oxygen atoms in total. The zero-order chi connectivity index (χ0) is 13.8. The minimum atomic E-state index is -0.694. The predicted octanol–water partition coefficient (Wildman–Crippen LogP) is 2.26. The third-order valence-electron chi connectivity index (χ3n) is 2.79. The van der Waals surface area contributed by atoms with E-state index in [0.717, 1.165) is 11.3 Å². The van der Waals surface area contributed by atoms with Gasteiger partial charge in [0.15, 0.2) is 0 Å². The van der Waals surface area contributed by atoms with Crippen LogP contribution < -0.4 is 5.32 Å². The van der Waals surface area contributed by atoms with Gasteiger partial charge in [-0.25, -0.2) is 9.18 Å². The maximum absolute atomic E-state index is 13.4. The maximum Gasteiger partial charge on any atom is 0.340 e. The lowest BCUT2D eigenvalue weighted by molar-refractivity contribution is 0.0595. The molecule has 0 amide bonds. The summed E-state index contributed by atoms with van der Waals surface area (Å²) in [4.78, 5) is 11.4. The Morgan fingerprint density at radius 3 is 2.95 bits per heavy atom. The molecule has 6 heteroatoms. The van der Waals surface area contributed by atoms with Gasteiger partial charge in [0.2, 0.25) is 0 Å². The molecule has 2 N–H and O–H groups in total. The molecule has 2 aromatic rings. The normalized spacial score (nSPS) is 10.3. The number of hydrogen-bond acceptors (Lipinski definition) is 4. The summed E-state index contributed by atoms with van der Waals surface area (Å²) in [5.41, 5.74) is 2.52. The van der Waals surface area contributed by atoms with E-state index in [9.17, 15) is 9.18 Å². The van der Waals surface area contributed by atoms with Gasteiger partial charge in [-0.2, -0.15) is 5.10 Å². The van der Waals surface area contributed by atoms with Crippen LogP contribution in [-0.4, -0.2) is 23.3 Å². The van der Waals surface area contributed by atoms with Crippen molar-refractivity contribution in [3.8, 4) is 0 Å². The third-order valence-corrected chi connectivity index (χ3v) is 2.79. The Morgan fingerprint density at radius 2 is 2.32 bits per heavy atom. The summed E-state index contributed by atoms with van der Waals surface area (Å²) < 4.78 is 18.0. The van der Waals surface area contributed by atoms with Crippen LogP contribution in [0.15, 0.2) is 24.4 Å². The molecular weight excluding hydrogens is 249 g/mol. The van der Waals surface area contributed by atoms with Crippen LogP contribution in [0.4, 0.5) is 10.1 Å². The Kier molecular flexibility index (Phi) is 3.79. The summed E-state index contributed by atoms with van der Waals surface area (Å²) in [5, 5.41) is 9.84. The number of carbonyl (C=O) groups is 1. The van der Waals surface area contributed by atoms with Crippen LogP contribution in [0, 0.1) is 12.7 Å². The highest BCUT2D eigenvalue weighted by molar-refractivity contribution is 5.90. The highest BCUT2D eigenvalue weighted by Crippen LogP contribution is 2.17. The van der Waals surface area contributed by atoms with Crippen LogP contribution >= 0.6 is 0 Å². The summed E-state index contributed by atoms with van der Waals surface area (Å²) in [7, 11) is 1.22. The number of nitrogens with one attached hydrogen (secondary N) is 2. The van der Waals surface area contributed by atoms with Crippen molar-refractivity contribution in [3.05, 3.63) is 47.0 Å². The molecule has 0 aliphatic rings. The molecule has 0 unspecified atom stereocenters. The SMILES string of the molecule is COC(=O)c1cc(NCc2cn[nH]c2C)ccc1F. The van der Waals surface area contributed by atoms with Crippen LogP contribution in [0.3, 0.4) is 0 Å². The minimum absolute atomic E-state index is 0.0867. The lowest BCUT2D eigenvalue weighted by atomic mass is 10.2. The lowest BCUT2D eigenvalue weighted by Gasteiger charge is -2.08. The first-order valence-corrected chi connectivity index (χ1v) is 5.72. The van der Waals surface area contributed by atoms with Crippen LogP contribution in [0.5, 0.6) is 0 Å². The fourth-order valence-electron chi connectivity index (χ4n) is 1.65. The number of esters is 1. The number of halogens is 1. The fourth-order valence-corrected chi connectivity index (χ4v) is 1.65. The molecule has 0 aliphatic carbocycles. The van der Waals surface area contributed by atoms with Gasteiger partial charge in [-0.3, -0.25) is 5.10 Å². The van der Waals surface area contributed by atoms with Crippen LogP contribution in [0.1, 0.15) is 21.6 Å². The van der Waals surface area contributed by atoms with E-state index < -0.39 is 11.8 Å². The summed E-state index contributed by atoms with van der Waals surface area (Å²) in [6.45, 7) is 2.45. The highest BCUT2D eigenvalue weighted by atomic mass is 19.1. The van der Waals surface area contributed by atoms with Crippen molar-refractivity contribution in [1.82, 2.24) is 10.2 Å². The quantitative estimate of drug-likeness (QED) is 0.830. The van der Waals surface area contributed by atoms with Gasteiger partial charge < -0.3 is 10.1 Å². The molecule has 100 valence electrons. The molecule has 1 aromatic heterocycles. The van der Waals surface area contributed by atoms with E-state index in [1.807, 2.05) is 6.92 Å². The predicted molar refractivity (Wildman–Crippen MR) is 68.4 cm³/mol. The van der Waals surface area contributed by atoms with Gasteiger partial charge in [-0.15, -0.1) is 0 Å². The van der Waals surface area contributed by atoms with Gasteiger partial charge in [0.25, 0.3) is 0 Å². The number of nitrogens with zero attached hydrogens (tertiary/aromatic N) is 1. The number of aromatic amines is 1. The number of aryl methyl sites for hydroxylation is 1. The number of H-pyrrole nitrogens is 1. The Labute approximate surface area is 109 Å². The first-order chi connectivity index (χ1) is 9.11. The van der Waals surface area contributed by atoms with E-state index in [4.69, 9.17) is 0 Å². The second-order valence-electron chi connectivity index (χ2n) is 4.06. The fraction of sp³-hybridized carbons (Fsp3) is 0.231. The number of ether oxygens (including phenoxy) is 1. The van der Waals surface area contributed by atoms with Gasteiger partial charge in [-0.1, -0.05) is 0 Å². The molecule has 0 fully saturated rings. The van der Waals surface area contributed by atoms with Crippen LogP contribution in [0.2, 0.25) is 0 Å². The Hall–Kier alpha value is -2.37. The van der Waals surface area contributed by atoms with E-state index in [2.05, 4.69) is 20.3 Å². The van der Waals surface area contributed by atoms with Gasteiger partial charge in [0.1, 0.15) is 5.82 Å². The molecule has 1 heterocycles. The summed E-state index contributed by atoms with van der Waals surface area (Å²) in [6, 6.07) is 4.23. The number of carbonyl (C=O) groups excluding carboxylic acids is 1. The summed E-state index contributed by atoms with van der Waals surface area (Å²) in [5.74, 6) is -1.29. The number of hydrogen-bond donors (Lipinski definition) is 2. The Bertz CT molecular complexity index is 595. The molecule has 0 atom stereocenters. The van der Waals surface area contributed by atoms with Crippen LogP contribution in [0.25, 0.3) is 0 Å². The van der Waals surface area contributed by atoms with Crippen molar-refractivity contribution < 1.29 is 13.9 Å². The molecule has 0 saturated carbocycles. The Morgan fingerprint density at radius 1 is 1.53 bits per heavy atom. The van der Waals surface area contributed by atoms with Crippen molar-refractivity contribution in [3.63, 3.8) is 0 Å². The van der Waals surface area contributed by atoms with E-state index in [1.165, 1.54) is 19.2 Å². The van der Waals surface area contributed by atoms with E-state index in [1.54, 1.807) is 12.3 Å². The average molecular weight is 263 g/mol. The molecule has 0 radical (unpaired) electrons. The maximum atomic E-state index is 13.4. The topological polar surface area (TPSA) is 67.0 Å². The number of rotatable bonds is 4. The van der Waals surface area contributed by atoms with Gasteiger partial charge in [0, 0.05) is 23.5 Å². The molecule has 19 heavy (non-hydrogen) atoms. The molecule has 0 saturated heterocycles. The van der Waals surface area contributed by atoms with E-state index >= 15 is 0 Å². The van der Waals surface area contributed by atoms with Gasteiger partial charge in [0.05, 0.1) is 18.9 Å². The van der Waals surface area contributed by atoms with Crippen molar-refractivity contribution >= 4 is 11.7 Å². The zero-order valence-electron chi connectivity index (χ0n) is 10.7. The van der Waals surface area contributed by atoms with Crippen molar-refractivity contribution in [1.29, 1.82) is 0 Å². The highest BCUT2D eigenvalue weighted by Gasteiger charge is 2.12. The molecule has 1 aromatic carbocycles. The summed E-state index contributed by atoms with van der Waals surface area (Å²) in [6.07, 6.45) is 1.72. The van der Waals surface area contributed by atoms with Crippen LogP contribution in [-0.2, 0) is 11.3 Å². The standard InChI is InChI=1S/C13H14FN3O2/c1-8-9(7-16-17-8)6-15-10-3-4-12(14)11(5-10)13(18)19-2/h3-5,7,15H,6H2,1-2H3,(H,16,17). The second kappa shape index (κ2) is 5.51. The largest absolute Gasteiger partial charge is 0.465 e. The molecular formula is C13H14FN3O2. The number of benzene rings is 1. The van der Waals surface area contributed by atoms with E-state index in [-0.39, 0.29) is 5.56 Å². The second-order valence-corrected chi connectivity index (χ2v) is 4.06. The molecule has 0 aliphatic heterocycles. The number of aromatic nitrogens is 2. The molecule has 2 rings (SSSR count).